The number of methoxy groups -OCH3 is 1. The number of aliphatic carboxylic acids is 1. The van der Waals surface area contributed by atoms with Crippen molar-refractivity contribution in [2.45, 2.75) is 31.7 Å². The van der Waals surface area contributed by atoms with Crippen molar-refractivity contribution in [2.75, 3.05) is 12.4 Å². The molecule has 3 aromatic rings. The number of pyridine rings is 1. The highest BCUT2D eigenvalue weighted by atomic mass is 16.5. The lowest BCUT2D eigenvalue weighted by Crippen LogP contribution is -2.31. The van der Waals surface area contributed by atoms with Gasteiger partial charge in [0.05, 0.1) is 30.4 Å². The molecule has 2 atom stereocenters. The molecule has 1 saturated carbocycles. The fourth-order valence-electron chi connectivity index (χ4n) is 4.25. The molecule has 0 spiro atoms. The van der Waals surface area contributed by atoms with E-state index in [-0.39, 0.29) is 17.7 Å². The maximum Gasteiger partial charge on any atom is 0.306 e. The molecule has 1 aromatic heterocycles. The second-order valence-corrected chi connectivity index (χ2v) is 8.24. The van der Waals surface area contributed by atoms with E-state index in [1.54, 1.807) is 37.4 Å². The maximum absolute atomic E-state index is 11.5. The molecule has 0 saturated heterocycles. The van der Waals surface area contributed by atoms with E-state index in [0.29, 0.717) is 41.2 Å². The smallest absolute Gasteiger partial charge is 0.306 e. The fourth-order valence-corrected chi connectivity index (χ4v) is 4.25. The van der Waals surface area contributed by atoms with Crippen molar-refractivity contribution in [3.8, 4) is 40.0 Å². The summed E-state index contributed by atoms with van der Waals surface area (Å²) in [4.78, 5) is 16.2. The van der Waals surface area contributed by atoms with Crippen LogP contribution in [0.3, 0.4) is 0 Å². The Morgan fingerprint density at radius 3 is 2.61 bits per heavy atom. The number of phenols is 1. The van der Waals surface area contributed by atoms with Gasteiger partial charge < -0.3 is 20.3 Å². The number of phenolic OH excluding ortho intramolecular Hbond substituents is 1. The van der Waals surface area contributed by atoms with E-state index in [1.807, 2.05) is 24.3 Å². The normalized spacial score (nSPS) is 17.7. The number of hydrogen-bond donors (Lipinski definition) is 3. The highest BCUT2D eigenvalue weighted by Gasteiger charge is 2.27. The molecule has 1 heterocycles. The molecule has 33 heavy (non-hydrogen) atoms. The molecule has 1 aliphatic rings. The number of aromatic nitrogens is 1. The average Bonchev–Trinajstić information content (AvgIpc) is 2.84. The Labute approximate surface area is 192 Å². The minimum atomic E-state index is -0.761. The van der Waals surface area contributed by atoms with E-state index in [0.717, 1.165) is 24.0 Å². The molecule has 2 aromatic carbocycles. The van der Waals surface area contributed by atoms with Crippen molar-refractivity contribution in [2.24, 2.45) is 5.92 Å². The van der Waals surface area contributed by atoms with Gasteiger partial charge in [0.1, 0.15) is 17.3 Å². The number of nitrogens with one attached hydrogen (secondary N) is 1. The first-order chi connectivity index (χ1) is 16.0. The van der Waals surface area contributed by atoms with Crippen LogP contribution in [0, 0.1) is 17.2 Å². The Bertz CT molecular complexity index is 1200. The molecule has 0 aliphatic heterocycles. The molecule has 3 N–H and O–H groups in total. The van der Waals surface area contributed by atoms with Crippen LogP contribution in [0.1, 0.15) is 31.2 Å². The summed E-state index contributed by atoms with van der Waals surface area (Å²) in [6.07, 6.45) is 2.94. The Kier molecular flexibility index (Phi) is 6.45. The Morgan fingerprint density at radius 1 is 1.12 bits per heavy atom. The predicted octanol–water partition coefficient (Wildman–Crippen LogP) is 5.06. The lowest BCUT2D eigenvalue weighted by molar-refractivity contribution is -0.142. The monoisotopic (exact) mass is 443 g/mol. The summed E-state index contributed by atoms with van der Waals surface area (Å²) in [7, 11) is 1.56. The Morgan fingerprint density at radius 2 is 1.91 bits per heavy atom. The van der Waals surface area contributed by atoms with E-state index >= 15 is 0 Å². The van der Waals surface area contributed by atoms with Gasteiger partial charge in [-0.1, -0.05) is 18.6 Å². The molecule has 0 radical (unpaired) electrons. The average molecular weight is 444 g/mol. The summed E-state index contributed by atoms with van der Waals surface area (Å²) in [5.41, 5.74) is 3.41. The van der Waals surface area contributed by atoms with Crippen molar-refractivity contribution in [3.63, 3.8) is 0 Å². The summed E-state index contributed by atoms with van der Waals surface area (Å²) in [5.74, 6) is 0.155. The quantitative estimate of drug-likeness (QED) is 0.488. The SMILES string of the molecule is COc1ccc(O)c(-c2cc(-c3ccc(C#N)cc3)cc(NC3CCCC(C(=O)O)C3)n2)c1. The zero-order valence-electron chi connectivity index (χ0n) is 18.3. The van der Waals surface area contributed by atoms with Gasteiger partial charge in [-0.2, -0.15) is 5.26 Å². The minimum Gasteiger partial charge on any atom is -0.507 e. The van der Waals surface area contributed by atoms with Crippen LogP contribution in [-0.4, -0.2) is 34.3 Å². The Balaban J connectivity index is 1.75. The van der Waals surface area contributed by atoms with E-state index in [2.05, 4.69) is 11.4 Å². The molecule has 7 heteroatoms. The summed E-state index contributed by atoms with van der Waals surface area (Å²) >= 11 is 0. The predicted molar refractivity (Wildman–Crippen MR) is 125 cm³/mol. The number of hydrogen-bond acceptors (Lipinski definition) is 6. The number of carboxylic acid groups (broad SMARTS) is 1. The van der Waals surface area contributed by atoms with E-state index < -0.39 is 5.97 Å². The highest BCUT2D eigenvalue weighted by molar-refractivity contribution is 5.77. The summed E-state index contributed by atoms with van der Waals surface area (Å²) in [6.45, 7) is 0. The number of ether oxygens (including phenoxy) is 1. The van der Waals surface area contributed by atoms with Gasteiger partial charge in [-0.25, -0.2) is 4.98 Å². The van der Waals surface area contributed by atoms with Crippen LogP contribution in [0.25, 0.3) is 22.4 Å². The summed E-state index contributed by atoms with van der Waals surface area (Å²) < 4.78 is 5.32. The largest absolute Gasteiger partial charge is 0.507 e. The number of carboxylic acids is 1. The standard InChI is InChI=1S/C26H25N3O4/c1-33-21-9-10-24(30)22(14-21)23-12-19(17-7-5-16(15-27)6-8-17)13-25(29-23)28-20-4-2-3-18(11-20)26(31)32/h5-10,12-14,18,20,30H,2-4,11H2,1H3,(H,28,29)(H,31,32). The topological polar surface area (TPSA) is 115 Å². The number of carbonyl (C=O) groups is 1. The van der Waals surface area contributed by atoms with Crippen molar-refractivity contribution in [3.05, 3.63) is 60.2 Å². The summed E-state index contributed by atoms with van der Waals surface area (Å²) in [5, 5.41) is 32.5. The van der Waals surface area contributed by atoms with E-state index in [1.165, 1.54) is 0 Å². The zero-order valence-corrected chi connectivity index (χ0v) is 18.3. The minimum absolute atomic E-state index is 0.00433. The molecule has 1 aliphatic carbocycles. The zero-order chi connectivity index (χ0) is 23.4. The highest BCUT2D eigenvalue weighted by Crippen LogP contribution is 2.36. The van der Waals surface area contributed by atoms with Gasteiger partial charge in [0.2, 0.25) is 0 Å². The van der Waals surface area contributed by atoms with Crippen LogP contribution < -0.4 is 10.1 Å². The van der Waals surface area contributed by atoms with Gasteiger partial charge in [-0.15, -0.1) is 0 Å². The molecule has 0 amide bonds. The van der Waals surface area contributed by atoms with Crippen LogP contribution >= 0.6 is 0 Å². The van der Waals surface area contributed by atoms with E-state index in [4.69, 9.17) is 15.0 Å². The number of rotatable bonds is 6. The van der Waals surface area contributed by atoms with Gasteiger partial charge in [0.25, 0.3) is 0 Å². The van der Waals surface area contributed by atoms with Crippen LogP contribution in [0.15, 0.2) is 54.6 Å². The van der Waals surface area contributed by atoms with Gasteiger partial charge in [-0.3, -0.25) is 4.79 Å². The van der Waals surface area contributed by atoms with Crippen LogP contribution in [0.5, 0.6) is 11.5 Å². The van der Waals surface area contributed by atoms with E-state index in [9.17, 15) is 15.0 Å². The number of nitriles is 1. The molecule has 168 valence electrons. The second-order valence-electron chi connectivity index (χ2n) is 8.24. The van der Waals surface area contributed by atoms with Crippen LogP contribution in [0.2, 0.25) is 0 Å². The molecule has 1 fully saturated rings. The molecule has 7 nitrogen and oxygen atoms in total. The van der Waals surface area contributed by atoms with Crippen molar-refractivity contribution in [1.29, 1.82) is 5.26 Å². The summed E-state index contributed by atoms with van der Waals surface area (Å²) in [6, 6.07) is 18.1. The second kappa shape index (κ2) is 9.61. The Hall–Kier alpha value is -4.05. The number of nitrogens with zero attached hydrogens (tertiary/aromatic N) is 2. The van der Waals surface area contributed by atoms with Crippen molar-refractivity contribution >= 4 is 11.8 Å². The first kappa shape index (κ1) is 22.2. The fraction of sp³-hybridized carbons (Fsp3) is 0.269. The van der Waals surface area contributed by atoms with Crippen molar-refractivity contribution < 1.29 is 19.7 Å². The molecule has 4 rings (SSSR count). The maximum atomic E-state index is 11.5. The third-order valence-corrected chi connectivity index (χ3v) is 6.03. The molecular weight excluding hydrogens is 418 g/mol. The molecule has 0 bridgehead atoms. The van der Waals surface area contributed by atoms with Gasteiger partial charge in [-0.05, 0) is 72.9 Å². The first-order valence-electron chi connectivity index (χ1n) is 10.9. The van der Waals surface area contributed by atoms with Gasteiger partial charge in [0, 0.05) is 11.6 Å². The third-order valence-electron chi connectivity index (χ3n) is 6.03. The van der Waals surface area contributed by atoms with Crippen molar-refractivity contribution in [1.82, 2.24) is 4.98 Å². The van der Waals surface area contributed by atoms with Crippen LogP contribution in [0.4, 0.5) is 5.82 Å². The van der Waals surface area contributed by atoms with Crippen LogP contribution in [-0.2, 0) is 4.79 Å². The number of aromatic hydroxyl groups is 1. The number of anilines is 1. The lowest BCUT2D eigenvalue weighted by Gasteiger charge is -2.28. The lowest BCUT2D eigenvalue weighted by atomic mass is 9.86. The first-order valence-corrected chi connectivity index (χ1v) is 10.9. The van der Waals surface area contributed by atoms with Gasteiger partial charge in [0.15, 0.2) is 0 Å². The molecular formula is C26H25N3O4. The third kappa shape index (κ3) is 5.07. The molecule has 2 unspecified atom stereocenters. The van der Waals surface area contributed by atoms with Gasteiger partial charge >= 0.3 is 5.97 Å². The number of benzene rings is 2.